The molecule has 0 unspecified atom stereocenters. The molecule has 0 saturated heterocycles. The average Bonchev–Trinajstić information content (AvgIpc) is 2.40. The van der Waals surface area contributed by atoms with Crippen molar-refractivity contribution in [1.29, 1.82) is 0 Å². The van der Waals surface area contributed by atoms with Crippen LogP contribution in [0.1, 0.15) is 27.7 Å². The molecule has 0 bridgehead atoms. The van der Waals surface area contributed by atoms with E-state index in [0.717, 1.165) is 13.8 Å². The number of rotatable bonds is 8. The third-order valence-electron chi connectivity index (χ3n) is 3.16. The molecule has 0 heterocycles. The first-order valence-corrected chi connectivity index (χ1v) is 6.17. The van der Waals surface area contributed by atoms with Crippen LogP contribution in [0.15, 0.2) is 0 Å². The van der Waals surface area contributed by atoms with Gasteiger partial charge in [0.2, 0.25) is 5.60 Å². The van der Waals surface area contributed by atoms with Crippen molar-refractivity contribution in [3.05, 3.63) is 0 Å². The maximum absolute atomic E-state index is 12.2. The molecule has 0 amide bonds. The van der Waals surface area contributed by atoms with Gasteiger partial charge < -0.3 is 20.1 Å². The van der Waals surface area contributed by atoms with Gasteiger partial charge in [0.1, 0.15) is 6.10 Å². The normalized spacial score (nSPS) is 17.6. The molecule has 0 aliphatic rings. The van der Waals surface area contributed by atoms with E-state index in [1.54, 1.807) is 0 Å². The van der Waals surface area contributed by atoms with Crippen LogP contribution in [0, 0.1) is 0 Å². The molecule has 0 aromatic heterocycles. The summed E-state index contributed by atoms with van der Waals surface area (Å²) in [5, 5.41) is 29.2. The van der Waals surface area contributed by atoms with Gasteiger partial charge in [-0.1, -0.05) is 0 Å². The van der Waals surface area contributed by atoms with E-state index in [-0.39, 0.29) is 0 Å². The van der Waals surface area contributed by atoms with Crippen LogP contribution in [-0.2, 0) is 28.7 Å². The number of esters is 1. The van der Waals surface area contributed by atoms with E-state index >= 15 is 0 Å². The Balaban J connectivity index is 6.76. The Morgan fingerprint density at radius 2 is 1.45 bits per heavy atom. The van der Waals surface area contributed by atoms with Crippen molar-refractivity contribution in [2.24, 2.45) is 0 Å². The van der Waals surface area contributed by atoms with Crippen molar-refractivity contribution in [3.63, 3.8) is 0 Å². The number of ketones is 4. The first kappa shape index (κ1) is 20.0. The minimum Gasteiger partial charge on any atom is -0.439 e. The summed E-state index contributed by atoms with van der Waals surface area (Å²) in [5.74, 6) is -6.94. The molecule has 9 nitrogen and oxygen atoms in total. The van der Waals surface area contributed by atoms with Gasteiger partial charge in [-0.15, -0.1) is 0 Å². The maximum Gasteiger partial charge on any atom is 0.304 e. The number of carbonyl (C=O) groups is 5. The Morgan fingerprint density at radius 3 is 1.68 bits per heavy atom. The van der Waals surface area contributed by atoms with E-state index < -0.39 is 53.0 Å². The fourth-order valence-electron chi connectivity index (χ4n) is 2.11. The van der Waals surface area contributed by atoms with Gasteiger partial charge in [0.05, 0.1) is 6.61 Å². The second-order valence-electron chi connectivity index (χ2n) is 4.74. The first-order valence-electron chi connectivity index (χ1n) is 6.17. The Labute approximate surface area is 125 Å². The van der Waals surface area contributed by atoms with Crippen LogP contribution in [0.2, 0.25) is 0 Å². The molecule has 3 atom stereocenters. The Hall–Kier alpha value is -1.97. The fraction of sp³-hybridized carbons (Fsp3) is 0.615. The van der Waals surface area contributed by atoms with E-state index in [0.29, 0.717) is 13.8 Å². The van der Waals surface area contributed by atoms with Crippen LogP contribution in [0.5, 0.6) is 0 Å². The van der Waals surface area contributed by atoms with E-state index in [1.807, 2.05) is 0 Å². The lowest BCUT2D eigenvalue weighted by Crippen LogP contribution is -2.74. The summed E-state index contributed by atoms with van der Waals surface area (Å²) in [6, 6.07) is 0. The summed E-state index contributed by atoms with van der Waals surface area (Å²) in [7, 11) is 0. The molecule has 0 saturated carbocycles. The first-order chi connectivity index (χ1) is 9.89. The quantitative estimate of drug-likeness (QED) is 0.254. The molecule has 3 N–H and O–H groups in total. The van der Waals surface area contributed by atoms with Crippen molar-refractivity contribution in [2.75, 3.05) is 6.61 Å². The molecule has 22 heavy (non-hydrogen) atoms. The predicted molar refractivity (Wildman–Crippen MR) is 69.6 cm³/mol. The number of aliphatic hydroxyl groups excluding tert-OH is 2. The lowest BCUT2D eigenvalue weighted by molar-refractivity contribution is -0.218. The van der Waals surface area contributed by atoms with Crippen molar-refractivity contribution >= 4 is 29.1 Å². The Bertz CT molecular complexity index is 524. The molecule has 0 aliphatic carbocycles. The van der Waals surface area contributed by atoms with Gasteiger partial charge in [-0.05, 0) is 13.8 Å². The van der Waals surface area contributed by atoms with E-state index in [2.05, 4.69) is 4.74 Å². The number of Topliss-reactive ketones (excluding diaryl/α,β-unsaturated/α-hetero) is 4. The maximum atomic E-state index is 12.2. The van der Waals surface area contributed by atoms with Crippen molar-refractivity contribution in [1.82, 2.24) is 0 Å². The third kappa shape index (κ3) is 2.96. The Morgan fingerprint density at radius 1 is 1.00 bits per heavy atom. The average molecular weight is 318 g/mol. The van der Waals surface area contributed by atoms with Gasteiger partial charge in [0.25, 0.3) is 11.4 Å². The second kappa shape index (κ2) is 6.86. The summed E-state index contributed by atoms with van der Waals surface area (Å²) >= 11 is 0. The monoisotopic (exact) mass is 318 g/mol. The summed E-state index contributed by atoms with van der Waals surface area (Å²) in [4.78, 5) is 58.6. The summed E-state index contributed by atoms with van der Waals surface area (Å²) < 4.78 is 4.57. The molecule has 124 valence electrons. The predicted octanol–water partition coefficient (Wildman–Crippen LogP) is -2.29. The van der Waals surface area contributed by atoms with Crippen molar-refractivity contribution in [3.8, 4) is 0 Å². The molecule has 0 rings (SSSR count). The van der Waals surface area contributed by atoms with Gasteiger partial charge in [-0.2, -0.15) is 0 Å². The van der Waals surface area contributed by atoms with Gasteiger partial charge in [-0.25, -0.2) is 0 Å². The molecule has 0 aromatic carbocycles. The standard InChI is InChI=1S/C13H18O9/c1-6(15)11(20)13(8(3)17,22-9(4)18)12(21,7(2)16)10(19)5-14/h10,14,19,21H,5H2,1-4H3/t10-,12-,13-/m1/s1. The lowest BCUT2D eigenvalue weighted by atomic mass is 9.70. The van der Waals surface area contributed by atoms with Crippen LogP contribution in [0.3, 0.4) is 0 Å². The topological polar surface area (TPSA) is 155 Å². The minimum atomic E-state index is -3.32. The molecule has 0 aromatic rings. The third-order valence-corrected chi connectivity index (χ3v) is 3.16. The summed E-state index contributed by atoms with van der Waals surface area (Å²) in [5.41, 5.74) is -6.60. The smallest absolute Gasteiger partial charge is 0.304 e. The highest BCUT2D eigenvalue weighted by Crippen LogP contribution is 2.34. The van der Waals surface area contributed by atoms with Gasteiger partial charge in [-0.3, -0.25) is 24.0 Å². The zero-order chi connectivity index (χ0) is 17.9. The van der Waals surface area contributed by atoms with Gasteiger partial charge in [0.15, 0.2) is 17.3 Å². The van der Waals surface area contributed by atoms with E-state index in [1.165, 1.54) is 0 Å². The zero-order valence-electron chi connectivity index (χ0n) is 12.6. The fourth-order valence-corrected chi connectivity index (χ4v) is 2.11. The highest BCUT2D eigenvalue weighted by molar-refractivity contribution is 6.45. The molecule has 0 spiro atoms. The highest BCUT2D eigenvalue weighted by Gasteiger charge is 2.69. The number of aliphatic hydroxyl groups is 3. The second-order valence-corrected chi connectivity index (χ2v) is 4.74. The van der Waals surface area contributed by atoms with Gasteiger partial charge >= 0.3 is 5.97 Å². The van der Waals surface area contributed by atoms with Crippen LogP contribution in [0.4, 0.5) is 0 Å². The molecule has 9 heteroatoms. The SMILES string of the molecule is CC(=O)O[C@](C(C)=O)(C(=O)C(C)=O)[C@@](O)(C(C)=O)[C@H](O)CO. The largest absolute Gasteiger partial charge is 0.439 e. The van der Waals surface area contributed by atoms with Crippen LogP contribution >= 0.6 is 0 Å². The Kier molecular flexibility index (Phi) is 6.25. The summed E-state index contributed by atoms with van der Waals surface area (Å²) in [6.07, 6.45) is -2.35. The number of ether oxygens (including phenoxy) is 1. The minimum absolute atomic E-state index is 0.696. The summed E-state index contributed by atoms with van der Waals surface area (Å²) in [6.45, 7) is 1.67. The van der Waals surface area contributed by atoms with Crippen LogP contribution in [-0.4, -0.2) is 68.3 Å². The molecule has 0 aliphatic heterocycles. The van der Waals surface area contributed by atoms with Gasteiger partial charge in [0, 0.05) is 13.8 Å². The highest BCUT2D eigenvalue weighted by atomic mass is 16.6. The molecular weight excluding hydrogens is 300 g/mol. The zero-order valence-corrected chi connectivity index (χ0v) is 12.6. The van der Waals surface area contributed by atoms with Crippen LogP contribution < -0.4 is 0 Å². The molecular formula is C13H18O9. The van der Waals surface area contributed by atoms with Crippen LogP contribution in [0.25, 0.3) is 0 Å². The molecule has 0 fully saturated rings. The van der Waals surface area contributed by atoms with E-state index in [4.69, 9.17) is 5.11 Å². The van der Waals surface area contributed by atoms with E-state index in [9.17, 15) is 34.2 Å². The van der Waals surface area contributed by atoms with Crippen molar-refractivity contribution in [2.45, 2.75) is 45.0 Å². The van der Waals surface area contributed by atoms with Crippen molar-refractivity contribution < 1.29 is 44.0 Å². The number of hydrogen-bond acceptors (Lipinski definition) is 9. The lowest BCUT2D eigenvalue weighted by Gasteiger charge is -2.42. The molecule has 0 radical (unpaired) electrons. The number of carbonyl (C=O) groups excluding carboxylic acids is 5. The number of hydrogen-bond donors (Lipinski definition) is 3.